The lowest BCUT2D eigenvalue weighted by molar-refractivity contribution is 0.280. The topological polar surface area (TPSA) is 69.2 Å². The molecule has 106 valence electrons. The minimum Gasteiger partial charge on any atom is -0.464 e. The van der Waals surface area contributed by atoms with Gasteiger partial charge >= 0.3 is 12.0 Å². The number of aromatic nitrogens is 3. The molecule has 1 aromatic rings. The van der Waals surface area contributed by atoms with Gasteiger partial charge in [0.2, 0.25) is 5.95 Å². The Hall–Kier alpha value is -1.59. The van der Waals surface area contributed by atoms with Gasteiger partial charge in [-0.1, -0.05) is 19.3 Å². The first-order chi connectivity index (χ1) is 9.31. The first-order valence-corrected chi connectivity index (χ1v) is 7.10. The van der Waals surface area contributed by atoms with Gasteiger partial charge in [0.1, 0.15) is 0 Å². The minimum absolute atomic E-state index is 0.319. The molecule has 0 spiro atoms. The van der Waals surface area contributed by atoms with E-state index >= 15 is 0 Å². The van der Waals surface area contributed by atoms with Gasteiger partial charge in [-0.3, -0.25) is 0 Å². The second kappa shape index (κ2) is 7.11. The third-order valence-corrected chi connectivity index (χ3v) is 3.08. The Morgan fingerprint density at radius 1 is 0.947 bits per heavy atom. The lowest BCUT2D eigenvalue weighted by Crippen LogP contribution is -2.24. The normalized spacial score (nSPS) is 16.1. The molecule has 0 bridgehead atoms. The third kappa shape index (κ3) is 4.22. The van der Waals surface area contributed by atoms with E-state index in [0.717, 1.165) is 0 Å². The highest BCUT2D eigenvalue weighted by Gasteiger charge is 2.16. The van der Waals surface area contributed by atoms with Gasteiger partial charge in [0.25, 0.3) is 0 Å². The van der Waals surface area contributed by atoms with Crippen molar-refractivity contribution < 1.29 is 9.47 Å². The number of nitrogens with one attached hydrogen (secondary N) is 1. The summed E-state index contributed by atoms with van der Waals surface area (Å²) in [5.74, 6) is 0.550. The highest BCUT2D eigenvalue weighted by molar-refractivity contribution is 5.29. The molecule has 0 aromatic carbocycles. The monoisotopic (exact) mass is 266 g/mol. The van der Waals surface area contributed by atoms with Crippen LogP contribution in [0.2, 0.25) is 0 Å². The molecule has 6 nitrogen and oxygen atoms in total. The molecule has 1 fully saturated rings. The van der Waals surface area contributed by atoms with Crippen molar-refractivity contribution in [3.05, 3.63) is 0 Å². The Morgan fingerprint density at radius 3 is 2.05 bits per heavy atom. The van der Waals surface area contributed by atoms with Gasteiger partial charge in [-0.25, -0.2) is 0 Å². The van der Waals surface area contributed by atoms with Crippen molar-refractivity contribution >= 4 is 5.95 Å². The van der Waals surface area contributed by atoms with Crippen LogP contribution in [0, 0.1) is 0 Å². The van der Waals surface area contributed by atoms with Crippen LogP contribution in [0.4, 0.5) is 5.95 Å². The lowest BCUT2D eigenvalue weighted by atomic mass is 9.96. The van der Waals surface area contributed by atoms with Crippen molar-refractivity contribution in [3.8, 4) is 12.0 Å². The molecule has 0 unspecified atom stereocenters. The SMILES string of the molecule is CCOc1nc(NC2CCCCC2)nc(OCC)n1. The quantitative estimate of drug-likeness (QED) is 0.852. The zero-order valence-electron chi connectivity index (χ0n) is 11.7. The predicted octanol–water partition coefficient (Wildman–Crippen LogP) is 2.41. The second-order valence-electron chi connectivity index (χ2n) is 4.57. The summed E-state index contributed by atoms with van der Waals surface area (Å²) < 4.78 is 10.7. The van der Waals surface area contributed by atoms with Crippen LogP contribution in [0.1, 0.15) is 46.0 Å². The number of rotatable bonds is 6. The van der Waals surface area contributed by atoms with E-state index in [2.05, 4.69) is 20.3 Å². The largest absolute Gasteiger partial charge is 0.464 e. The van der Waals surface area contributed by atoms with Crippen molar-refractivity contribution in [2.45, 2.75) is 52.0 Å². The molecule has 6 heteroatoms. The summed E-state index contributed by atoms with van der Waals surface area (Å²) in [7, 11) is 0. The van der Waals surface area contributed by atoms with E-state index in [1.807, 2.05) is 13.8 Å². The fourth-order valence-corrected chi connectivity index (χ4v) is 2.22. The molecule has 2 rings (SSSR count). The van der Waals surface area contributed by atoms with Crippen molar-refractivity contribution in [3.63, 3.8) is 0 Å². The van der Waals surface area contributed by atoms with E-state index in [4.69, 9.17) is 9.47 Å². The molecule has 0 atom stereocenters. The van der Waals surface area contributed by atoms with Crippen molar-refractivity contribution in [1.29, 1.82) is 0 Å². The first-order valence-electron chi connectivity index (χ1n) is 7.10. The highest BCUT2D eigenvalue weighted by Crippen LogP contribution is 2.21. The molecule has 1 aliphatic rings. The van der Waals surface area contributed by atoms with Gasteiger partial charge < -0.3 is 14.8 Å². The van der Waals surface area contributed by atoms with Crippen molar-refractivity contribution in [1.82, 2.24) is 15.0 Å². The van der Waals surface area contributed by atoms with Crippen molar-refractivity contribution in [2.75, 3.05) is 18.5 Å². The fourth-order valence-electron chi connectivity index (χ4n) is 2.22. The molecule has 0 radical (unpaired) electrons. The first kappa shape index (κ1) is 13.8. The maximum absolute atomic E-state index is 5.34. The average Bonchev–Trinajstić information content (AvgIpc) is 2.40. The molecule has 19 heavy (non-hydrogen) atoms. The van der Waals surface area contributed by atoms with Crippen LogP contribution in [0.25, 0.3) is 0 Å². The molecule has 0 saturated heterocycles. The maximum atomic E-state index is 5.34. The Labute approximate surface area is 114 Å². The summed E-state index contributed by atoms with van der Waals surface area (Å²) in [4.78, 5) is 12.6. The minimum atomic E-state index is 0.319. The number of hydrogen-bond donors (Lipinski definition) is 1. The van der Waals surface area contributed by atoms with E-state index in [1.54, 1.807) is 0 Å². The molecular formula is C13H22N4O2. The van der Waals surface area contributed by atoms with Crippen LogP contribution in [-0.4, -0.2) is 34.2 Å². The van der Waals surface area contributed by atoms with Gasteiger partial charge in [0.15, 0.2) is 0 Å². The van der Waals surface area contributed by atoms with E-state index in [-0.39, 0.29) is 0 Å². The Kier molecular flexibility index (Phi) is 5.18. The summed E-state index contributed by atoms with van der Waals surface area (Å²) in [6.07, 6.45) is 6.18. The van der Waals surface area contributed by atoms with Gasteiger partial charge in [-0.15, -0.1) is 4.98 Å². The number of hydrogen-bond acceptors (Lipinski definition) is 6. The highest BCUT2D eigenvalue weighted by atomic mass is 16.5. The summed E-state index contributed by atoms with van der Waals surface area (Å²) in [6, 6.07) is 1.08. The van der Waals surface area contributed by atoms with Gasteiger partial charge in [-0.2, -0.15) is 9.97 Å². The third-order valence-electron chi connectivity index (χ3n) is 3.08. The summed E-state index contributed by atoms with van der Waals surface area (Å²) in [5.41, 5.74) is 0. The number of anilines is 1. The molecule has 1 N–H and O–H groups in total. The van der Waals surface area contributed by atoms with E-state index < -0.39 is 0 Å². The Morgan fingerprint density at radius 2 is 1.53 bits per heavy atom. The van der Waals surface area contributed by atoms with Gasteiger partial charge in [0.05, 0.1) is 13.2 Å². The standard InChI is InChI=1S/C13H22N4O2/c1-3-18-12-15-11(16-13(17-12)19-4-2)14-10-8-6-5-7-9-10/h10H,3-9H2,1-2H3,(H,14,15,16,17). The molecule has 1 aliphatic carbocycles. The number of ether oxygens (including phenoxy) is 2. The zero-order chi connectivity index (χ0) is 13.5. The molecule has 1 aromatic heterocycles. The predicted molar refractivity (Wildman–Crippen MR) is 72.7 cm³/mol. The van der Waals surface area contributed by atoms with Crippen LogP contribution >= 0.6 is 0 Å². The smallest absolute Gasteiger partial charge is 0.324 e. The van der Waals surface area contributed by atoms with Gasteiger partial charge in [-0.05, 0) is 26.7 Å². The lowest BCUT2D eigenvalue weighted by Gasteiger charge is -2.22. The van der Waals surface area contributed by atoms with E-state index in [1.165, 1.54) is 32.1 Å². The molecule has 0 amide bonds. The Bertz CT molecular complexity index is 370. The van der Waals surface area contributed by atoms with E-state index in [9.17, 15) is 0 Å². The molecule has 1 saturated carbocycles. The fraction of sp³-hybridized carbons (Fsp3) is 0.769. The Balaban J connectivity index is 2.08. The number of nitrogens with zero attached hydrogens (tertiary/aromatic N) is 3. The average molecular weight is 266 g/mol. The van der Waals surface area contributed by atoms with Crippen LogP contribution < -0.4 is 14.8 Å². The zero-order valence-corrected chi connectivity index (χ0v) is 11.7. The summed E-state index contributed by atoms with van der Waals surface area (Å²) in [6.45, 7) is 4.85. The van der Waals surface area contributed by atoms with E-state index in [0.29, 0.717) is 37.2 Å². The van der Waals surface area contributed by atoms with Crippen LogP contribution in [0.3, 0.4) is 0 Å². The summed E-state index contributed by atoms with van der Waals surface area (Å²) in [5, 5.41) is 3.36. The summed E-state index contributed by atoms with van der Waals surface area (Å²) >= 11 is 0. The molecule has 0 aliphatic heterocycles. The van der Waals surface area contributed by atoms with Crippen LogP contribution in [-0.2, 0) is 0 Å². The molecular weight excluding hydrogens is 244 g/mol. The second-order valence-corrected chi connectivity index (χ2v) is 4.57. The molecule has 1 heterocycles. The van der Waals surface area contributed by atoms with Crippen LogP contribution in [0.5, 0.6) is 12.0 Å². The van der Waals surface area contributed by atoms with Gasteiger partial charge in [0, 0.05) is 6.04 Å². The van der Waals surface area contributed by atoms with Crippen molar-refractivity contribution in [2.24, 2.45) is 0 Å². The van der Waals surface area contributed by atoms with Crippen LogP contribution in [0.15, 0.2) is 0 Å². The maximum Gasteiger partial charge on any atom is 0.324 e.